The minimum Gasteiger partial charge on any atom is -0.356 e. The fourth-order valence-electron chi connectivity index (χ4n) is 2.25. The van der Waals surface area contributed by atoms with Crippen molar-refractivity contribution in [2.45, 2.75) is 32.9 Å². The van der Waals surface area contributed by atoms with Crippen molar-refractivity contribution in [1.82, 2.24) is 15.5 Å². The highest BCUT2D eigenvalue weighted by atomic mass is 127. The monoisotopic (exact) mass is 464 g/mol. The number of hydrogen-bond acceptors (Lipinski definition) is 3. The Morgan fingerprint density at radius 1 is 1.21 bits per heavy atom. The minimum absolute atomic E-state index is 0. The minimum atomic E-state index is 0. The maximum atomic E-state index is 4.29. The summed E-state index contributed by atoms with van der Waals surface area (Å²) < 4.78 is 0. The molecule has 138 valence electrons. The van der Waals surface area contributed by atoms with Gasteiger partial charge in [0.05, 0.1) is 0 Å². The molecule has 6 heteroatoms. The van der Waals surface area contributed by atoms with Crippen LogP contribution in [-0.4, -0.2) is 50.1 Å². The normalized spacial score (nSPS) is 11.3. The van der Waals surface area contributed by atoms with Crippen LogP contribution in [0.15, 0.2) is 29.3 Å². The summed E-state index contributed by atoms with van der Waals surface area (Å²) in [6.45, 7) is 6.01. The highest BCUT2D eigenvalue weighted by molar-refractivity contribution is 14.0. The molecule has 0 aliphatic heterocycles. The average Bonchev–Trinajstić information content (AvgIpc) is 2.57. The van der Waals surface area contributed by atoms with Crippen molar-refractivity contribution < 1.29 is 0 Å². The quantitative estimate of drug-likeness (QED) is 0.241. The van der Waals surface area contributed by atoms with Gasteiger partial charge in [-0.1, -0.05) is 31.2 Å². The molecule has 24 heavy (non-hydrogen) atoms. The van der Waals surface area contributed by atoms with Crippen molar-refractivity contribution in [2.24, 2.45) is 4.99 Å². The maximum absolute atomic E-state index is 4.29. The van der Waals surface area contributed by atoms with Gasteiger partial charge in [-0.05, 0) is 49.6 Å². The number of benzene rings is 1. The van der Waals surface area contributed by atoms with Crippen LogP contribution < -0.4 is 10.6 Å². The number of rotatable bonds is 10. The smallest absolute Gasteiger partial charge is 0.191 e. The van der Waals surface area contributed by atoms with Gasteiger partial charge in [-0.2, -0.15) is 11.8 Å². The molecule has 4 nitrogen and oxygen atoms in total. The number of nitrogens with one attached hydrogen (secondary N) is 2. The van der Waals surface area contributed by atoms with Gasteiger partial charge < -0.3 is 15.5 Å². The molecule has 0 aromatic heterocycles. The van der Waals surface area contributed by atoms with Crippen LogP contribution >= 0.6 is 35.7 Å². The molecule has 2 N–H and O–H groups in total. The molecule has 0 amide bonds. The fraction of sp³-hybridized carbons (Fsp3) is 0.611. The van der Waals surface area contributed by atoms with Crippen molar-refractivity contribution in [3.63, 3.8) is 0 Å². The Labute approximate surface area is 169 Å². The zero-order chi connectivity index (χ0) is 16.9. The second-order valence-electron chi connectivity index (χ2n) is 5.70. The molecule has 0 aliphatic carbocycles. The van der Waals surface area contributed by atoms with Gasteiger partial charge in [-0.25, -0.2) is 0 Å². The summed E-state index contributed by atoms with van der Waals surface area (Å²) in [5, 5.41) is 6.77. The van der Waals surface area contributed by atoms with Crippen LogP contribution in [0.2, 0.25) is 0 Å². The number of guanidine groups is 1. The molecule has 0 radical (unpaired) electrons. The van der Waals surface area contributed by atoms with Gasteiger partial charge in [0, 0.05) is 26.7 Å². The van der Waals surface area contributed by atoms with Crippen LogP contribution in [0.1, 0.15) is 30.9 Å². The van der Waals surface area contributed by atoms with Crippen LogP contribution in [0, 0.1) is 0 Å². The number of halogens is 1. The summed E-state index contributed by atoms with van der Waals surface area (Å²) in [4.78, 5) is 6.59. The van der Waals surface area contributed by atoms with Crippen LogP contribution in [0.5, 0.6) is 0 Å². The van der Waals surface area contributed by atoms with E-state index in [1.165, 1.54) is 29.7 Å². The van der Waals surface area contributed by atoms with Crippen molar-refractivity contribution in [3.05, 3.63) is 35.4 Å². The van der Waals surface area contributed by atoms with Crippen LogP contribution in [0.3, 0.4) is 0 Å². The lowest BCUT2D eigenvalue weighted by molar-refractivity contribution is 0.345. The van der Waals surface area contributed by atoms with E-state index < -0.39 is 0 Å². The Morgan fingerprint density at radius 2 is 1.96 bits per heavy atom. The summed E-state index contributed by atoms with van der Waals surface area (Å²) in [6, 6.07) is 8.75. The topological polar surface area (TPSA) is 39.7 Å². The lowest BCUT2D eigenvalue weighted by Gasteiger charge is -2.15. The highest BCUT2D eigenvalue weighted by Crippen LogP contribution is 2.07. The van der Waals surface area contributed by atoms with E-state index in [1.807, 2.05) is 18.8 Å². The molecule has 0 unspecified atom stereocenters. The lowest BCUT2D eigenvalue weighted by atomic mass is 10.1. The van der Waals surface area contributed by atoms with Gasteiger partial charge in [0.25, 0.3) is 0 Å². The number of aliphatic imine (C=N–C) groups is 1. The first-order valence-corrected chi connectivity index (χ1v) is 9.78. The fourth-order valence-corrected chi connectivity index (χ4v) is 2.74. The molecule has 0 spiro atoms. The number of hydrogen-bond donors (Lipinski definition) is 2. The Morgan fingerprint density at radius 3 is 2.62 bits per heavy atom. The van der Waals surface area contributed by atoms with Crippen LogP contribution in [-0.2, 0) is 13.1 Å². The summed E-state index contributed by atoms with van der Waals surface area (Å²) in [5.74, 6) is 2.11. The third-order valence-electron chi connectivity index (χ3n) is 3.73. The molecule has 0 fully saturated rings. The van der Waals surface area contributed by atoms with Gasteiger partial charge in [-0.15, -0.1) is 24.0 Å². The van der Waals surface area contributed by atoms with E-state index in [4.69, 9.17) is 0 Å². The Bertz CT molecular complexity index is 468. The number of nitrogens with zero attached hydrogens (tertiary/aromatic N) is 2. The van der Waals surface area contributed by atoms with Gasteiger partial charge >= 0.3 is 0 Å². The van der Waals surface area contributed by atoms with Gasteiger partial charge in [0.15, 0.2) is 5.96 Å². The molecular formula is C18H33IN4S. The Kier molecular flexibility index (Phi) is 14.5. The first-order valence-electron chi connectivity index (χ1n) is 8.39. The van der Waals surface area contributed by atoms with E-state index >= 15 is 0 Å². The van der Waals surface area contributed by atoms with Crippen LogP contribution in [0.4, 0.5) is 0 Å². The summed E-state index contributed by atoms with van der Waals surface area (Å²) >= 11 is 1.90. The van der Waals surface area contributed by atoms with Gasteiger partial charge in [-0.3, -0.25) is 4.99 Å². The Hall–Kier alpha value is -0.470. The summed E-state index contributed by atoms with van der Waals surface area (Å²) in [5.41, 5.74) is 2.64. The zero-order valence-electron chi connectivity index (χ0n) is 15.5. The highest BCUT2D eigenvalue weighted by Gasteiger charge is 2.01. The van der Waals surface area contributed by atoms with Crippen molar-refractivity contribution in [3.8, 4) is 0 Å². The lowest BCUT2D eigenvalue weighted by Crippen LogP contribution is -2.37. The van der Waals surface area contributed by atoms with Crippen molar-refractivity contribution in [2.75, 3.05) is 39.2 Å². The molecule has 1 aromatic carbocycles. The van der Waals surface area contributed by atoms with Crippen molar-refractivity contribution in [1.29, 1.82) is 0 Å². The number of unbranched alkanes of at least 4 members (excludes halogenated alkanes) is 1. The van der Waals surface area contributed by atoms with E-state index in [2.05, 4.69) is 65.0 Å². The summed E-state index contributed by atoms with van der Waals surface area (Å²) in [6.07, 6.45) is 4.58. The zero-order valence-corrected chi connectivity index (χ0v) is 18.6. The predicted octanol–water partition coefficient (Wildman–Crippen LogP) is 3.56. The van der Waals surface area contributed by atoms with E-state index in [0.717, 1.165) is 32.1 Å². The molecule has 1 rings (SSSR count). The SMILES string of the molecule is CCN(C)Cc1cccc(CNC(=NC)NCCCCSC)c1.I. The first-order chi connectivity index (χ1) is 11.2. The molecule has 1 aromatic rings. The molecular weight excluding hydrogens is 431 g/mol. The van der Waals surface area contributed by atoms with E-state index in [1.54, 1.807) is 0 Å². The third kappa shape index (κ3) is 10.4. The van der Waals surface area contributed by atoms with Crippen LogP contribution in [0.25, 0.3) is 0 Å². The van der Waals surface area contributed by atoms with Crippen molar-refractivity contribution >= 4 is 41.7 Å². The molecule has 0 heterocycles. The maximum Gasteiger partial charge on any atom is 0.191 e. The Balaban J connectivity index is 0.00000529. The molecule has 0 saturated carbocycles. The second-order valence-corrected chi connectivity index (χ2v) is 6.69. The molecule has 0 atom stereocenters. The van der Waals surface area contributed by atoms with E-state index in [0.29, 0.717) is 0 Å². The predicted molar refractivity (Wildman–Crippen MR) is 120 cm³/mol. The number of thioether (sulfide) groups is 1. The molecule has 0 aliphatic rings. The molecule has 0 saturated heterocycles. The van der Waals surface area contributed by atoms with Gasteiger partial charge in [0.2, 0.25) is 0 Å². The average molecular weight is 464 g/mol. The van der Waals surface area contributed by atoms with E-state index in [-0.39, 0.29) is 24.0 Å². The molecule has 0 bridgehead atoms. The van der Waals surface area contributed by atoms with E-state index in [9.17, 15) is 0 Å². The largest absolute Gasteiger partial charge is 0.356 e. The standard InChI is InChI=1S/C18H32N4S.HI/c1-5-22(3)15-17-10-8-9-16(13-17)14-21-18(19-2)20-11-6-7-12-23-4;/h8-10,13H,5-7,11-12,14-15H2,1-4H3,(H2,19,20,21);1H. The third-order valence-corrected chi connectivity index (χ3v) is 4.43. The summed E-state index contributed by atoms with van der Waals surface area (Å²) in [7, 11) is 3.97. The van der Waals surface area contributed by atoms with Gasteiger partial charge in [0.1, 0.15) is 0 Å². The first kappa shape index (κ1) is 23.5. The second kappa shape index (κ2) is 14.8.